The van der Waals surface area contributed by atoms with E-state index in [1.807, 2.05) is 0 Å². The molecule has 0 aromatic carbocycles. The second-order valence-corrected chi connectivity index (χ2v) is 3.90. The molecular weight excluding hydrogens is 162 g/mol. The number of rotatable bonds is 2. The molecule has 1 aliphatic carbocycles. The fraction of sp³-hybridized carbons (Fsp3) is 0.800. The molecule has 1 fully saturated rings. The normalized spacial score (nSPS) is 31.4. The van der Waals surface area contributed by atoms with Gasteiger partial charge in [-0.2, -0.15) is 10.4 Å². The number of hydrogen-bond donors (Lipinski definition) is 0. The Morgan fingerprint density at radius 2 is 2.54 bits per heavy atom. The first-order valence-electron chi connectivity index (χ1n) is 5.04. The van der Waals surface area contributed by atoms with Gasteiger partial charge in [0.1, 0.15) is 0 Å². The minimum atomic E-state index is 0.533. The van der Waals surface area contributed by atoms with Crippen molar-refractivity contribution in [3.8, 4) is 6.07 Å². The first kappa shape index (κ1) is 8.55. The van der Waals surface area contributed by atoms with Crippen LogP contribution in [0.1, 0.15) is 32.6 Å². The molecule has 1 heterocycles. The van der Waals surface area contributed by atoms with Gasteiger partial charge in [0.2, 0.25) is 0 Å². The van der Waals surface area contributed by atoms with E-state index < -0.39 is 0 Å². The van der Waals surface area contributed by atoms with Crippen LogP contribution in [-0.4, -0.2) is 23.3 Å². The molecule has 3 heteroatoms. The Morgan fingerprint density at radius 1 is 1.69 bits per heavy atom. The van der Waals surface area contributed by atoms with E-state index in [0.29, 0.717) is 18.4 Å². The lowest BCUT2D eigenvalue weighted by Gasteiger charge is -2.22. The van der Waals surface area contributed by atoms with Crippen LogP contribution in [-0.2, 0) is 0 Å². The van der Waals surface area contributed by atoms with Crippen molar-refractivity contribution in [1.29, 1.82) is 5.26 Å². The number of nitrogens with zero attached hydrogens (tertiary/aromatic N) is 3. The highest BCUT2D eigenvalue weighted by Crippen LogP contribution is 2.33. The molecule has 70 valence electrons. The molecule has 2 atom stereocenters. The zero-order valence-corrected chi connectivity index (χ0v) is 8.03. The van der Waals surface area contributed by atoms with Crippen LogP contribution in [0.3, 0.4) is 0 Å². The van der Waals surface area contributed by atoms with E-state index in [1.165, 1.54) is 25.0 Å². The van der Waals surface area contributed by atoms with Gasteiger partial charge in [-0.05, 0) is 26.2 Å². The highest BCUT2D eigenvalue weighted by atomic mass is 15.5. The SMILES string of the molecule is CC1C2CCCC2=NN1CCC#N. The van der Waals surface area contributed by atoms with E-state index in [9.17, 15) is 0 Å². The lowest BCUT2D eigenvalue weighted by Crippen LogP contribution is -2.29. The van der Waals surface area contributed by atoms with Crippen LogP contribution < -0.4 is 0 Å². The first-order valence-corrected chi connectivity index (χ1v) is 5.04. The molecule has 2 rings (SSSR count). The molecule has 0 spiro atoms. The highest BCUT2D eigenvalue weighted by Gasteiger charge is 2.36. The maximum Gasteiger partial charge on any atom is 0.0641 e. The molecule has 0 amide bonds. The molecule has 0 aromatic heterocycles. The summed E-state index contributed by atoms with van der Waals surface area (Å²) in [4.78, 5) is 0. The fourth-order valence-electron chi connectivity index (χ4n) is 2.38. The molecule has 1 saturated carbocycles. The highest BCUT2D eigenvalue weighted by molar-refractivity contribution is 5.90. The molecule has 0 bridgehead atoms. The van der Waals surface area contributed by atoms with E-state index >= 15 is 0 Å². The van der Waals surface area contributed by atoms with Gasteiger partial charge >= 0.3 is 0 Å². The van der Waals surface area contributed by atoms with Crippen molar-refractivity contribution in [3.63, 3.8) is 0 Å². The van der Waals surface area contributed by atoms with E-state index in [4.69, 9.17) is 5.26 Å². The molecule has 0 aromatic rings. The van der Waals surface area contributed by atoms with Gasteiger partial charge in [-0.3, -0.25) is 5.01 Å². The third-order valence-electron chi connectivity index (χ3n) is 3.14. The Labute approximate surface area is 79.0 Å². The first-order chi connectivity index (χ1) is 6.33. The zero-order valence-electron chi connectivity index (χ0n) is 8.03. The second kappa shape index (κ2) is 3.37. The van der Waals surface area contributed by atoms with Crippen molar-refractivity contribution < 1.29 is 0 Å². The maximum atomic E-state index is 8.49. The molecule has 1 aliphatic heterocycles. The molecule has 3 nitrogen and oxygen atoms in total. The van der Waals surface area contributed by atoms with Crippen LogP contribution in [0.4, 0.5) is 0 Å². The van der Waals surface area contributed by atoms with Crippen LogP contribution >= 0.6 is 0 Å². The molecule has 0 N–H and O–H groups in total. The second-order valence-electron chi connectivity index (χ2n) is 3.90. The Balaban J connectivity index is 2.00. The van der Waals surface area contributed by atoms with Gasteiger partial charge < -0.3 is 0 Å². The van der Waals surface area contributed by atoms with Gasteiger partial charge in [0.25, 0.3) is 0 Å². The number of nitriles is 1. The largest absolute Gasteiger partial charge is 0.293 e. The Kier molecular flexibility index (Phi) is 2.22. The Morgan fingerprint density at radius 3 is 3.23 bits per heavy atom. The van der Waals surface area contributed by atoms with Crippen molar-refractivity contribution >= 4 is 5.71 Å². The topological polar surface area (TPSA) is 39.4 Å². The molecule has 2 unspecified atom stereocenters. The van der Waals surface area contributed by atoms with E-state index in [0.717, 1.165) is 6.54 Å². The summed E-state index contributed by atoms with van der Waals surface area (Å²) in [5.41, 5.74) is 1.38. The molecule has 13 heavy (non-hydrogen) atoms. The summed E-state index contributed by atoms with van der Waals surface area (Å²) in [6.45, 7) is 3.03. The van der Waals surface area contributed by atoms with Crippen LogP contribution in [0.15, 0.2) is 5.10 Å². The predicted molar refractivity (Wildman–Crippen MR) is 51.2 cm³/mol. The number of hydrazone groups is 1. The summed E-state index contributed by atoms with van der Waals surface area (Å²) in [6.07, 6.45) is 4.37. The average molecular weight is 177 g/mol. The van der Waals surface area contributed by atoms with Gasteiger partial charge in [0.05, 0.1) is 18.5 Å². The van der Waals surface area contributed by atoms with Gasteiger partial charge in [-0.15, -0.1) is 0 Å². The smallest absolute Gasteiger partial charge is 0.0641 e. The monoisotopic (exact) mass is 177 g/mol. The van der Waals surface area contributed by atoms with Crippen LogP contribution in [0.5, 0.6) is 0 Å². The van der Waals surface area contributed by atoms with Gasteiger partial charge in [0.15, 0.2) is 0 Å². The molecule has 0 saturated heterocycles. The number of fused-ring (bicyclic) bond motifs is 1. The summed E-state index contributed by atoms with van der Waals surface area (Å²) in [5, 5.41) is 15.2. The lowest BCUT2D eigenvalue weighted by atomic mass is 9.99. The predicted octanol–water partition coefficient (Wildman–Crippen LogP) is 1.76. The van der Waals surface area contributed by atoms with Crippen molar-refractivity contribution in [2.75, 3.05) is 6.54 Å². The van der Waals surface area contributed by atoms with Gasteiger partial charge in [0, 0.05) is 18.2 Å². The number of hydrogen-bond acceptors (Lipinski definition) is 3. The van der Waals surface area contributed by atoms with Gasteiger partial charge in [-0.25, -0.2) is 0 Å². The Bertz CT molecular complexity index is 264. The molecule has 0 radical (unpaired) electrons. The standard InChI is InChI=1S/C10H15N3/c1-8-9-4-2-5-10(9)12-13(8)7-3-6-11/h8-9H,2-5,7H2,1H3. The van der Waals surface area contributed by atoms with Crippen LogP contribution in [0.2, 0.25) is 0 Å². The summed E-state index contributed by atoms with van der Waals surface area (Å²) in [7, 11) is 0. The fourth-order valence-corrected chi connectivity index (χ4v) is 2.38. The van der Waals surface area contributed by atoms with Gasteiger partial charge in [-0.1, -0.05) is 0 Å². The van der Waals surface area contributed by atoms with Crippen molar-refractivity contribution in [1.82, 2.24) is 5.01 Å². The van der Waals surface area contributed by atoms with Crippen LogP contribution in [0, 0.1) is 17.2 Å². The quantitative estimate of drug-likeness (QED) is 0.644. The van der Waals surface area contributed by atoms with Crippen molar-refractivity contribution in [2.45, 2.75) is 38.6 Å². The third-order valence-corrected chi connectivity index (χ3v) is 3.14. The van der Waals surface area contributed by atoms with Crippen molar-refractivity contribution in [3.05, 3.63) is 0 Å². The summed E-state index contributed by atoms with van der Waals surface area (Å²) < 4.78 is 0. The molecular formula is C10H15N3. The van der Waals surface area contributed by atoms with Crippen molar-refractivity contribution in [2.24, 2.45) is 11.0 Å². The Hall–Kier alpha value is -1.04. The van der Waals surface area contributed by atoms with Crippen LogP contribution in [0.25, 0.3) is 0 Å². The summed E-state index contributed by atoms with van der Waals surface area (Å²) in [5.74, 6) is 0.693. The van der Waals surface area contributed by atoms with E-state index in [2.05, 4.69) is 23.1 Å². The average Bonchev–Trinajstić information content (AvgIpc) is 2.67. The summed E-state index contributed by atoms with van der Waals surface area (Å²) in [6, 6.07) is 2.70. The van der Waals surface area contributed by atoms with E-state index in [-0.39, 0.29) is 0 Å². The third kappa shape index (κ3) is 1.41. The minimum absolute atomic E-state index is 0.533. The zero-order chi connectivity index (χ0) is 9.26. The minimum Gasteiger partial charge on any atom is -0.293 e. The summed E-state index contributed by atoms with van der Waals surface area (Å²) >= 11 is 0. The lowest BCUT2D eigenvalue weighted by molar-refractivity contribution is 0.217. The van der Waals surface area contributed by atoms with E-state index in [1.54, 1.807) is 0 Å². The molecule has 2 aliphatic rings. The maximum absolute atomic E-state index is 8.49.